The zero-order valence-corrected chi connectivity index (χ0v) is 10.7. The predicted molar refractivity (Wildman–Crippen MR) is 66.0 cm³/mol. The molecule has 0 bridgehead atoms. The summed E-state index contributed by atoms with van der Waals surface area (Å²) in [6.07, 6.45) is 6.21. The van der Waals surface area contributed by atoms with Crippen LogP contribution in [0.25, 0.3) is 0 Å². The van der Waals surface area contributed by atoms with Crippen molar-refractivity contribution in [1.29, 1.82) is 0 Å². The Morgan fingerprint density at radius 1 is 1.53 bits per heavy atom. The van der Waals surface area contributed by atoms with E-state index in [1.807, 2.05) is 6.20 Å². The Morgan fingerprint density at radius 2 is 2.41 bits per heavy atom. The van der Waals surface area contributed by atoms with Gasteiger partial charge < -0.3 is 14.5 Å². The van der Waals surface area contributed by atoms with Crippen LogP contribution >= 0.6 is 0 Å². The van der Waals surface area contributed by atoms with Gasteiger partial charge in [-0.3, -0.25) is 0 Å². The maximum absolute atomic E-state index is 5.70. The Kier molecular flexibility index (Phi) is 4.57. The Bertz CT molecular complexity index is 330. The summed E-state index contributed by atoms with van der Waals surface area (Å²) in [6, 6.07) is 0.510. The van der Waals surface area contributed by atoms with Crippen molar-refractivity contribution in [3.05, 3.63) is 17.8 Å². The lowest BCUT2D eigenvalue weighted by atomic mass is 10.1. The molecule has 17 heavy (non-hydrogen) atoms. The molecule has 4 heteroatoms. The maximum Gasteiger partial charge on any atom is 0.195 e. The van der Waals surface area contributed by atoms with Gasteiger partial charge in [-0.2, -0.15) is 0 Å². The van der Waals surface area contributed by atoms with E-state index in [-0.39, 0.29) is 0 Å². The SMILES string of the molecule is CC(C)NCCc1ncc(CC2CCCO2)o1. The molecule has 1 aliphatic heterocycles. The molecular formula is C13H22N2O2. The summed E-state index contributed by atoms with van der Waals surface area (Å²) in [5.74, 6) is 1.78. The average Bonchev–Trinajstić information content (AvgIpc) is 2.90. The minimum Gasteiger partial charge on any atom is -0.446 e. The van der Waals surface area contributed by atoms with Gasteiger partial charge in [0, 0.05) is 32.0 Å². The summed E-state index contributed by atoms with van der Waals surface area (Å²) in [7, 11) is 0. The quantitative estimate of drug-likeness (QED) is 0.822. The number of nitrogens with zero attached hydrogens (tertiary/aromatic N) is 1. The number of nitrogens with one attached hydrogen (secondary N) is 1. The standard InChI is InChI=1S/C13H22N2O2/c1-10(2)14-6-5-13-15-9-12(17-13)8-11-4-3-7-16-11/h9-11,14H,3-8H2,1-2H3. The van der Waals surface area contributed by atoms with E-state index in [0.717, 1.165) is 44.1 Å². The number of oxazole rings is 1. The summed E-state index contributed by atoms with van der Waals surface area (Å²) in [6.45, 7) is 6.08. The second-order valence-electron chi connectivity index (χ2n) is 4.92. The summed E-state index contributed by atoms with van der Waals surface area (Å²) in [5, 5.41) is 3.35. The lowest BCUT2D eigenvalue weighted by molar-refractivity contribution is 0.106. The van der Waals surface area contributed by atoms with E-state index in [9.17, 15) is 0 Å². The highest BCUT2D eigenvalue weighted by molar-refractivity contribution is 4.97. The predicted octanol–water partition coefficient (Wildman–Crippen LogP) is 1.94. The van der Waals surface area contributed by atoms with Crippen LogP contribution in [-0.4, -0.2) is 30.3 Å². The summed E-state index contributed by atoms with van der Waals surface area (Å²) in [4.78, 5) is 4.29. The lowest BCUT2D eigenvalue weighted by Gasteiger charge is -2.06. The number of hydrogen-bond donors (Lipinski definition) is 1. The van der Waals surface area contributed by atoms with Crippen LogP contribution in [0.4, 0.5) is 0 Å². The second kappa shape index (κ2) is 6.17. The third-order valence-corrected chi connectivity index (χ3v) is 2.95. The highest BCUT2D eigenvalue weighted by atomic mass is 16.5. The van der Waals surface area contributed by atoms with Crippen molar-refractivity contribution in [3.63, 3.8) is 0 Å². The van der Waals surface area contributed by atoms with Crippen molar-refractivity contribution < 1.29 is 9.15 Å². The number of hydrogen-bond acceptors (Lipinski definition) is 4. The van der Waals surface area contributed by atoms with Crippen LogP contribution < -0.4 is 5.32 Å². The summed E-state index contributed by atoms with van der Waals surface area (Å²) >= 11 is 0. The second-order valence-corrected chi connectivity index (χ2v) is 4.92. The minimum atomic E-state index is 0.338. The normalized spacial score (nSPS) is 20.3. The molecule has 4 nitrogen and oxygen atoms in total. The van der Waals surface area contributed by atoms with Crippen LogP contribution in [0.15, 0.2) is 10.6 Å². The topological polar surface area (TPSA) is 47.3 Å². The molecule has 96 valence electrons. The third-order valence-electron chi connectivity index (χ3n) is 2.95. The van der Waals surface area contributed by atoms with Crippen molar-refractivity contribution in [2.45, 2.75) is 51.7 Å². The first-order valence-corrected chi connectivity index (χ1v) is 6.52. The van der Waals surface area contributed by atoms with Crippen LogP contribution in [0.2, 0.25) is 0 Å². The third kappa shape index (κ3) is 4.13. The van der Waals surface area contributed by atoms with Gasteiger partial charge in [0.15, 0.2) is 5.89 Å². The van der Waals surface area contributed by atoms with E-state index in [1.165, 1.54) is 6.42 Å². The van der Waals surface area contributed by atoms with Gasteiger partial charge in [0.25, 0.3) is 0 Å². The van der Waals surface area contributed by atoms with Crippen molar-refractivity contribution in [2.24, 2.45) is 0 Å². The first kappa shape index (κ1) is 12.6. The molecule has 1 aromatic heterocycles. The molecule has 1 atom stereocenters. The zero-order chi connectivity index (χ0) is 12.1. The summed E-state index contributed by atoms with van der Waals surface area (Å²) < 4.78 is 11.3. The molecule has 0 spiro atoms. The smallest absolute Gasteiger partial charge is 0.195 e. The molecule has 1 unspecified atom stereocenters. The average molecular weight is 238 g/mol. The first-order chi connectivity index (χ1) is 8.24. The minimum absolute atomic E-state index is 0.338. The molecule has 2 rings (SSSR count). The van der Waals surface area contributed by atoms with E-state index in [0.29, 0.717) is 12.1 Å². The Morgan fingerprint density at radius 3 is 3.12 bits per heavy atom. The van der Waals surface area contributed by atoms with Crippen LogP contribution in [0.1, 0.15) is 38.3 Å². The highest BCUT2D eigenvalue weighted by Gasteiger charge is 2.18. The van der Waals surface area contributed by atoms with E-state index in [1.54, 1.807) is 0 Å². The molecule has 2 heterocycles. The van der Waals surface area contributed by atoms with Crippen molar-refractivity contribution in [2.75, 3.05) is 13.2 Å². The fourth-order valence-corrected chi connectivity index (χ4v) is 2.06. The monoisotopic (exact) mass is 238 g/mol. The Hall–Kier alpha value is -0.870. The van der Waals surface area contributed by atoms with Gasteiger partial charge in [0.05, 0.1) is 12.3 Å². The van der Waals surface area contributed by atoms with Gasteiger partial charge in [-0.1, -0.05) is 13.8 Å². The van der Waals surface area contributed by atoms with E-state index >= 15 is 0 Å². The molecule has 0 aromatic carbocycles. The molecule has 0 aliphatic carbocycles. The number of ether oxygens (including phenoxy) is 1. The van der Waals surface area contributed by atoms with Gasteiger partial charge in [-0.05, 0) is 12.8 Å². The number of aromatic nitrogens is 1. The lowest BCUT2D eigenvalue weighted by Crippen LogP contribution is -2.24. The zero-order valence-electron chi connectivity index (χ0n) is 10.7. The van der Waals surface area contributed by atoms with E-state index in [4.69, 9.17) is 9.15 Å². The molecule has 1 N–H and O–H groups in total. The van der Waals surface area contributed by atoms with Crippen LogP contribution in [0, 0.1) is 0 Å². The molecule has 0 saturated carbocycles. The van der Waals surface area contributed by atoms with Crippen LogP contribution in [0.5, 0.6) is 0 Å². The van der Waals surface area contributed by atoms with Crippen molar-refractivity contribution >= 4 is 0 Å². The molecule has 1 saturated heterocycles. The van der Waals surface area contributed by atoms with Gasteiger partial charge in [-0.15, -0.1) is 0 Å². The maximum atomic E-state index is 5.70. The highest BCUT2D eigenvalue weighted by Crippen LogP contribution is 2.17. The van der Waals surface area contributed by atoms with Crippen LogP contribution in [-0.2, 0) is 17.6 Å². The van der Waals surface area contributed by atoms with E-state index < -0.39 is 0 Å². The molecular weight excluding hydrogens is 216 g/mol. The van der Waals surface area contributed by atoms with Gasteiger partial charge in [-0.25, -0.2) is 4.98 Å². The fraction of sp³-hybridized carbons (Fsp3) is 0.769. The largest absolute Gasteiger partial charge is 0.446 e. The molecule has 1 aromatic rings. The summed E-state index contributed by atoms with van der Waals surface area (Å²) in [5.41, 5.74) is 0. The van der Waals surface area contributed by atoms with Gasteiger partial charge in [0.1, 0.15) is 5.76 Å². The van der Waals surface area contributed by atoms with Gasteiger partial charge >= 0.3 is 0 Å². The Balaban J connectivity index is 1.75. The van der Waals surface area contributed by atoms with Gasteiger partial charge in [0.2, 0.25) is 0 Å². The van der Waals surface area contributed by atoms with Crippen molar-refractivity contribution in [1.82, 2.24) is 10.3 Å². The first-order valence-electron chi connectivity index (χ1n) is 6.52. The van der Waals surface area contributed by atoms with E-state index in [2.05, 4.69) is 24.1 Å². The van der Waals surface area contributed by atoms with Crippen molar-refractivity contribution in [3.8, 4) is 0 Å². The fourth-order valence-electron chi connectivity index (χ4n) is 2.06. The number of rotatable bonds is 6. The Labute approximate surface area is 103 Å². The van der Waals surface area contributed by atoms with Crippen LogP contribution in [0.3, 0.4) is 0 Å². The molecule has 0 radical (unpaired) electrons. The molecule has 1 aliphatic rings. The molecule has 1 fully saturated rings. The molecule has 0 amide bonds.